The summed E-state index contributed by atoms with van der Waals surface area (Å²) in [5.41, 5.74) is 4.39. The van der Waals surface area contributed by atoms with E-state index in [0.29, 0.717) is 6.04 Å². The van der Waals surface area contributed by atoms with Gasteiger partial charge >= 0.3 is 0 Å². The molecule has 1 N–H and O–H groups in total. The predicted molar refractivity (Wildman–Crippen MR) is 99.9 cm³/mol. The highest BCUT2D eigenvalue weighted by Crippen LogP contribution is 2.38. The molecule has 0 saturated heterocycles. The van der Waals surface area contributed by atoms with Crippen LogP contribution in [0.5, 0.6) is 0 Å². The summed E-state index contributed by atoms with van der Waals surface area (Å²) in [6, 6.07) is 19.9. The molecule has 0 spiro atoms. The molecule has 0 bridgehead atoms. The smallest absolute Gasteiger partial charge is 0.0390 e. The largest absolute Gasteiger partial charge is 0.381 e. The maximum atomic E-state index is 3.73. The van der Waals surface area contributed by atoms with E-state index in [4.69, 9.17) is 0 Å². The second-order valence-corrected chi connectivity index (χ2v) is 6.84. The van der Waals surface area contributed by atoms with E-state index in [1.165, 1.54) is 16.8 Å². The van der Waals surface area contributed by atoms with Crippen molar-refractivity contribution in [2.24, 2.45) is 5.41 Å². The molecule has 0 saturated carbocycles. The van der Waals surface area contributed by atoms with Crippen molar-refractivity contribution >= 4 is 5.69 Å². The van der Waals surface area contributed by atoms with E-state index in [9.17, 15) is 0 Å². The third-order valence-electron chi connectivity index (χ3n) is 5.27. The molecule has 3 rings (SSSR count). The van der Waals surface area contributed by atoms with Gasteiger partial charge in [-0.3, -0.25) is 0 Å². The third kappa shape index (κ3) is 3.67. The monoisotopic (exact) mass is 305 g/mol. The molecule has 2 aromatic carbocycles. The van der Waals surface area contributed by atoms with Crippen LogP contribution in [-0.4, -0.2) is 6.04 Å². The fourth-order valence-electron chi connectivity index (χ4n) is 3.42. The Morgan fingerprint density at radius 1 is 1.09 bits per heavy atom. The second-order valence-electron chi connectivity index (χ2n) is 6.84. The van der Waals surface area contributed by atoms with Crippen molar-refractivity contribution in [1.82, 2.24) is 0 Å². The molecular weight excluding hydrogens is 278 g/mol. The summed E-state index contributed by atoms with van der Waals surface area (Å²) in [4.78, 5) is 0. The molecule has 0 aliphatic carbocycles. The topological polar surface area (TPSA) is 12.0 Å². The number of nitrogens with one attached hydrogen (secondary N) is 1. The van der Waals surface area contributed by atoms with Crippen molar-refractivity contribution in [3.63, 3.8) is 0 Å². The van der Waals surface area contributed by atoms with Gasteiger partial charge in [-0.05, 0) is 42.9 Å². The van der Waals surface area contributed by atoms with Crippen LogP contribution in [0.3, 0.4) is 0 Å². The molecule has 1 aliphatic heterocycles. The first-order chi connectivity index (χ1) is 11.2. The lowest BCUT2D eigenvalue weighted by atomic mass is 9.78. The van der Waals surface area contributed by atoms with Crippen LogP contribution in [0.1, 0.15) is 37.8 Å². The number of para-hydroxylation sites is 1. The fraction of sp³-hybridized carbons (Fsp3) is 0.364. The molecule has 0 fully saturated rings. The van der Waals surface area contributed by atoms with Crippen molar-refractivity contribution in [1.29, 1.82) is 0 Å². The zero-order valence-electron chi connectivity index (χ0n) is 14.3. The van der Waals surface area contributed by atoms with Gasteiger partial charge < -0.3 is 5.32 Å². The van der Waals surface area contributed by atoms with E-state index in [1.54, 1.807) is 0 Å². The molecule has 0 aromatic heterocycles. The Labute approximate surface area is 140 Å². The number of anilines is 1. The van der Waals surface area contributed by atoms with Gasteiger partial charge in [0.1, 0.15) is 0 Å². The summed E-state index contributed by atoms with van der Waals surface area (Å²) in [5, 5.41) is 3.73. The Morgan fingerprint density at radius 2 is 1.83 bits per heavy atom. The molecule has 23 heavy (non-hydrogen) atoms. The molecule has 0 amide bonds. The summed E-state index contributed by atoms with van der Waals surface area (Å²) in [7, 11) is 0. The molecule has 2 aromatic rings. The maximum Gasteiger partial charge on any atom is 0.0390 e. The Balaban J connectivity index is 1.61. The fourth-order valence-corrected chi connectivity index (χ4v) is 3.42. The Kier molecular flexibility index (Phi) is 4.85. The predicted octanol–water partition coefficient (Wildman–Crippen LogP) is 5.63. The van der Waals surface area contributed by atoms with E-state index in [1.807, 2.05) is 0 Å². The summed E-state index contributed by atoms with van der Waals surface area (Å²) in [5.74, 6) is 0. The van der Waals surface area contributed by atoms with Crippen molar-refractivity contribution < 1.29 is 0 Å². The van der Waals surface area contributed by atoms with Gasteiger partial charge in [-0.2, -0.15) is 0 Å². The first kappa shape index (κ1) is 15.9. The van der Waals surface area contributed by atoms with Crippen LogP contribution in [0.2, 0.25) is 0 Å². The molecule has 1 heteroatoms. The van der Waals surface area contributed by atoms with Crippen LogP contribution in [0, 0.1) is 5.41 Å². The van der Waals surface area contributed by atoms with E-state index in [0.717, 1.165) is 25.7 Å². The van der Waals surface area contributed by atoms with Crippen LogP contribution in [0.15, 0.2) is 66.7 Å². The molecular formula is C22H27N. The summed E-state index contributed by atoms with van der Waals surface area (Å²) < 4.78 is 0. The van der Waals surface area contributed by atoms with Crippen LogP contribution < -0.4 is 5.32 Å². The van der Waals surface area contributed by atoms with Gasteiger partial charge in [0.05, 0.1) is 0 Å². The zero-order valence-corrected chi connectivity index (χ0v) is 14.3. The zero-order chi connectivity index (χ0) is 16.1. The van der Waals surface area contributed by atoms with Gasteiger partial charge in [-0.1, -0.05) is 74.5 Å². The van der Waals surface area contributed by atoms with Gasteiger partial charge in [0.25, 0.3) is 0 Å². The highest BCUT2D eigenvalue weighted by Gasteiger charge is 2.34. The summed E-state index contributed by atoms with van der Waals surface area (Å²) in [6.07, 6.45) is 9.33. The van der Waals surface area contributed by atoms with Gasteiger partial charge in [0.15, 0.2) is 0 Å². The van der Waals surface area contributed by atoms with Crippen molar-refractivity contribution in [3.05, 3.63) is 77.9 Å². The lowest BCUT2D eigenvalue weighted by molar-refractivity contribution is 0.347. The number of fused-ring (bicyclic) bond motifs is 1. The van der Waals surface area contributed by atoms with Gasteiger partial charge in [0.2, 0.25) is 0 Å². The molecule has 1 nitrogen and oxygen atoms in total. The van der Waals surface area contributed by atoms with E-state index >= 15 is 0 Å². The number of aryl methyl sites for hydroxylation is 1. The van der Waals surface area contributed by atoms with Crippen LogP contribution in [-0.2, 0) is 12.8 Å². The molecule has 120 valence electrons. The summed E-state index contributed by atoms with van der Waals surface area (Å²) >= 11 is 0. The molecule has 2 atom stereocenters. The molecule has 0 radical (unpaired) electrons. The van der Waals surface area contributed by atoms with Crippen LogP contribution >= 0.6 is 0 Å². The van der Waals surface area contributed by atoms with E-state index in [2.05, 4.69) is 85.9 Å². The van der Waals surface area contributed by atoms with Crippen LogP contribution in [0.25, 0.3) is 0 Å². The van der Waals surface area contributed by atoms with Gasteiger partial charge in [-0.25, -0.2) is 0 Å². The number of allylic oxidation sites excluding steroid dienone is 1. The minimum absolute atomic E-state index is 0.204. The first-order valence-corrected chi connectivity index (χ1v) is 8.77. The Bertz CT molecular complexity index is 634. The van der Waals surface area contributed by atoms with Crippen molar-refractivity contribution in [2.75, 3.05) is 5.32 Å². The lowest BCUT2D eigenvalue weighted by Gasteiger charge is -2.32. The van der Waals surface area contributed by atoms with Gasteiger partial charge in [0, 0.05) is 17.1 Å². The average molecular weight is 305 g/mol. The molecule has 0 unspecified atom stereocenters. The first-order valence-electron chi connectivity index (χ1n) is 8.77. The minimum atomic E-state index is 0.204. The van der Waals surface area contributed by atoms with E-state index < -0.39 is 0 Å². The number of hydrogen-bond donors (Lipinski definition) is 1. The quantitative estimate of drug-likeness (QED) is 0.682. The SMILES string of the molecule is CC[C@@](C)(/C=C/CCc1ccccc1)[C@@H]1Cc2ccccc2N1. The summed E-state index contributed by atoms with van der Waals surface area (Å²) in [6.45, 7) is 4.68. The number of rotatable bonds is 6. The average Bonchev–Trinajstić information content (AvgIpc) is 3.04. The maximum absolute atomic E-state index is 3.73. The van der Waals surface area contributed by atoms with Gasteiger partial charge in [-0.15, -0.1) is 0 Å². The lowest BCUT2D eigenvalue weighted by Crippen LogP contribution is -2.35. The number of benzene rings is 2. The Morgan fingerprint density at radius 3 is 2.57 bits per heavy atom. The highest BCUT2D eigenvalue weighted by molar-refractivity contribution is 5.57. The minimum Gasteiger partial charge on any atom is -0.381 e. The van der Waals surface area contributed by atoms with Crippen molar-refractivity contribution in [2.45, 2.75) is 45.6 Å². The Hall–Kier alpha value is -2.02. The number of hydrogen-bond acceptors (Lipinski definition) is 1. The molecule has 1 aliphatic rings. The second kappa shape index (κ2) is 7.04. The standard InChI is InChI=1S/C22H27N/c1-3-22(2,16-10-9-13-18-11-5-4-6-12-18)21-17-19-14-7-8-15-20(19)23-21/h4-8,10-12,14-16,21,23H,3,9,13,17H2,1-2H3/b16-10+/t21-,22-/m0/s1. The molecule has 1 heterocycles. The van der Waals surface area contributed by atoms with Crippen LogP contribution in [0.4, 0.5) is 5.69 Å². The van der Waals surface area contributed by atoms with E-state index in [-0.39, 0.29) is 5.41 Å². The van der Waals surface area contributed by atoms with Crippen molar-refractivity contribution in [3.8, 4) is 0 Å². The normalized spacial score (nSPS) is 19.3. The highest BCUT2D eigenvalue weighted by atomic mass is 15.0. The third-order valence-corrected chi connectivity index (χ3v) is 5.27.